The van der Waals surface area contributed by atoms with Crippen LogP contribution in [-0.2, 0) is 9.53 Å². The van der Waals surface area contributed by atoms with E-state index in [2.05, 4.69) is 0 Å². The van der Waals surface area contributed by atoms with Crippen molar-refractivity contribution in [3.8, 4) is 5.75 Å². The van der Waals surface area contributed by atoms with Crippen molar-refractivity contribution in [2.75, 3.05) is 26.7 Å². The van der Waals surface area contributed by atoms with Crippen molar-refractivity contribution in [1.29, 1.82) is 0 Å². The number of benzene rings is 1. The standard InChI is InChI=1S/C19H27FN2O4/c1-19(2,3)26-18(24)22-11-7-9-15(22)17(23)21(4)12-13-25-16-10-6-5-8-14(16)20/h5-6,8,10,15H,7,9,11-13H2,1-4H3. The Hall–Kier alpha value is -2.31. The number of likely N-dealkylation sites (N-methyl/N-ethyl adjacent to an activating group) is 1. The van der Waals surface area contributed by atoms with E-state index in [1.165, 1.54) is 15.9 Å². The van der Waals surface area contributed by atoms with Crippen LogP contribution in [0.3, 0.4) is 0 Å². The van der Waals surface area contributed by atoms with Gasteiger partial charge in [-0.15, -0.1) is 0 Å². The van der Waals surface area contributed by atoms with E-state index in [1.807, 2.05) is 0 Å². The van der Waals surface area contributed by atoms with Gasteiger partial charge in [0.2, 0.25) is 5.91 Å². The number of amides is 2. The Morgan fingerprint density at radius 1 is 1.31 bits per heavy atom. The highest BCUT2D eigenvalue weighted by atomic mass is 19.1. The zero-order chi connectivity index (χ0) is 19.3. The molecule has 6 nitrogen and oxygen atoms in total. The van der Waals surface area contributed by atoms with Crippen molar-refractivity contribution in [3.05, 3.63) is 30.1 Å². The summed E-state index contributed by atoms with van der Waals surface area (Å²) < 4.78 is 24.3. The molecule has 0 spiro atoms. The molecule has 1 aromatic carbocycles. The third-order valence-corrected chi connectivity index (χ3v) is 4.06. The molecule has 144 valence electrons. The number of rotatable bonds is 5. The number of para-hydroxylation sites is 1. The Bertz CT molecular complexity index is 645. The fourth-order valence-corrected chi connectivity index (χ4v) is 2.78. The van der Waals surface area contributed by atoms with Crippen LogP contribution < -0.4 is 4.74 Å². The Morgan fingerprint density at radius 3 is 2.65 bits per heavy atom. The van der Waals surface area contributed by atoms with Crippen LogP contribution in [0.4, 0.5) is 9.18 Å². The highest BCUT2D eigenvalue weighted by molar-refractivity contribution is 5.86. The van der Waals surface area contributed by atoms with E-state index < -0.39 is 23.6 Å². The van der Waals surface area contributed by atoms with E-state index in [0.29, 0.717) is 19.5 Å². The number of carbonyl (C=O) groups is 2. The lowest BCUT2D eigenvalue weighted by atomic mass is 10.2. The molecule has 1 unspecified atom stereocenters. The molecule has 0 radical (unpaired) electrons. The van der Waals surface area contributed by atoms with E-state index in [4.69, 9.17) is 9.47 Å². The maximum atomic E-state index is 13.5. The first-order valence-electron chi connectivity index (χ1n) is 8.81. The van der Waals surface area contributed by atoms with Crippen LogP contribution in [0.2, 0.25) is 0 Å². The van der Waals surface area contributed by atoms with E-state index in [1.54, 1.807) is 46.0 Å². The fourth-order valence-electron chi connectivity index (χ4n) is 2.78. The molecule has 2 rings (SSSR count). The monoisotopic (exact) mass is 366 g/mol. The second-order valence-electron chi connectivity index (χ2n) is 7.37. The van der Waals surface area contributed by atoms with Crippen molar-refractivity contribution >= 4 is 12.0 Å². The van der Waals surface area contributed by atoms with Gasteiger partial charge < -0.3 is 14.4 Å². The van der Waals surface area contributed by atoms with Gasteiger partial charge in [0.15, 0.2) is 11.6 Å². The van der Waals surface area contributed by atoms with Gasteiger partial charge in [0.25, 0.3) is 0 Å². The van der Waals surface area contributed by atoms with Gasteiger partial charge in [-0.25, -0.2) is 9.18 Å². The molecule has 0 aliphatic carbocycles. The second kappa shape index (κ2) is 8.38. The smallest absolute Gasteiger partial charge is 0.410 e. The molecule has 0 N–H and O–H groups in total. The first-order valence-corrected chi connectivity index (χ1v) is 8.81. The number of likely N-dealkylation sites (tertiary alicyclic amines) is 1. The van der Waals surface area contributed by atoms with Crippen molar-refractivity contribution in [3.63, 3.8) is 0 Å². The van der Waals surface area contributed by atoms with Crippen molar-refractivity contribution in [2.24, 2.45) is 0 Å². The minimum absolute atomic E-state index is 0.157. The van der Waals surface area contributed by atoms with E-state index in [-0.39, 0.29) is 18.3 Å². The van der Waals surface area contributed by atoms with Gasteiger partial charge in [0.05, 0.1) is 6.54 Å². The summed E-state index contributed by atoms with van der Waals surface area (Å²) in [5, 5.41) is 0. The molecule has 1 aliphatic rings. The molecule has 1 heterocycles. The van der Waals surface area contributed by atoms with E-state index in [0.717, 1.165) is 6.42 Å². The molecule has 0 aromatic heterocycles. The van der Waals surface area contributed by atoms with Crippen LogP contribution in [0.15, 0.2) is 24.3 Å². The Kier molecular flexibility index (Phi) is 6.45. The normalized spacial score (nSPS) is 17.1. The summed E-state index contributed by atoms with van der Waals surface area (Å²) in [7, 11) is 1.65. The predicted molar refractivity (Wildman–Crippen MR) is 95.5 cm³/mol. The lowest BCUT2D eigenvalue weighted by molar-refractivity contribution is -0.134. The molecule has 0 saturated carbocycles. The summed E-state index contributed by atoms with van der Waals surface area (Å²) >= 11 is 0. The number of carbonyl (C=O) groups excluding carboxylic acids is 2. The third kappa shape index (κ3) is 5.34. The number of nitrogens with zero attached hydrogens (tertiary/aromatic N) is 2. The molecule has 1 fully saturated rings. The molecule has 1 atom stereocenters. The number of halogens is 1. The van der Waals surface area contributed by atoms with E-state index in [9.17, 15) is 14.0 Å². The molecule has 1 aromatic rings. The molecule has 7 heteroatoms. The lowest BCUT2D eigenvalue weighted by Crippen LogP contribution is -2.48. The fraction of sp³-hybridized carbons (Fsp3) is 0.579. The first kappa shape index (κ1) is 20.0. The van der Waals surface area contributed by atoms with Crippen LogP contribution in [0.1, 0.15) is 33.6 Å². The van der Waals surface area contributed by atoms with Gasteiger partial charge in [0.1, 0.15) is 18.2 Å². The predicted octanol–water partition coefficient (Wildman–Crippen LogP) is 3.06. The first-order chi connectivity index (χ1) is 12.2. The highest BCUT2D eigenvalue weighted by Gasteiger charge is 2.37. The Labute approximate surface area is 153 Å². The van der Waals surface area contributed by atoms with Crippen molar-refractivity contribution in [1.82, 2.24) is 9.80 Å². The molecule has 26 heavy (non-hydrogen) atoms. The van der Waals surface area contributed by atoms with Gasteiger partial charge in [0, 0.05) is 13.6 Å². The zero-order valence-electron chi connectivity index (χ0n) is 15.8. The molecule has 0 bridgehead atoms. The van der Waals surface area contributed by atoms with Crippen molar-refractivity contribution < 1.29 is 23.5 Å². The summed E-state index contributed by atoms with van der Waals surface area (Å²) in [5.74, 6) is -0.441. The van der Waals surface area contributed by atoms with Crippen LogP contribution in [0.5, 0.6) is 5.75 Å². The Morgan fingerprint density at radius 2 is 2.00 bits per heavy atom. The minimum Gasteiger partial charge on any atom is -0.489 e. The molecular weight excluding hydrogens is 339 g/mol. The maximum absolute atomic E-state index is 13.5. The van der Waals surface area contributed by atoms with Gasteiger partial charge >= 0.3 is 6.09 Å². The molecule has 1 saturated heterocycles. The topological polar surface area (TPSA) is 59.1 Å². The van der Waals surface area contributed by atoms with E-state index >= 15 is 0 Å². The highest BCUT2D eigenvalue weighted by Crippen LogP contribution is 2.22. The minimum atomic E-state index is -0.604. The summed E-state index contributed by atoms with van der Waals surface area (Å²) in [4.78, 5) is 28.0. The summed E-state index contributed by atoms with van der Waals surface area (Å²) in [6.45, 7) is 6.36. The molecule has 2 amide bonds. The quantitative estimate of drug-likeness (QED) is 0.804. The SMILES string of the molecule is CN(CCOc1ccccc1F)C(=O)C1CCCN1C(=O)OC(C)(C)C. The van der Waals surface area contributed by atoms with Gasteiger partial charge in [-0.2, -0.15) is 0 Å². The third-order valence-electron chi connectivity index (χ3n) is 4.06. The summed E-state index contributed by atoms with van der Waals surface area (Å²) in [6.07, 6.45) is 0.899. The number of hydrogen-bond donors (Lipinski definition) is 0. The summed E-state index contributed by atoms with van der Waals surface area (Å²) in [5.41, 5.74) is -0.604. The van der Waals surface area contributed by atoms with Crippen LogP contribution in [-0.4, -0.2) is 60.2 Å². The molecular formula is C19H27FN2O4. The Balaban J connectivity index is 1.88. The molecule has 1 aliphatic heterocycles. The van der Waals surface area contributed by atoms with Crippen LogP contribution >= 0.6 is 0 Å². The lowest BCUT2D eigenvalue weighted by Gasteiger charge is -2.30. The van der Waals surface area contributed by atoms with Gasteiger partial charge in [-0.1, -0.05) is 12.1 Å². The average molecular weight is 366 g/mol. The number of hydrogen-bond acceptors (Lipinski definition) is 4. The van der Waals surface area contributed by atoms with Gasteiger partial charge in [-0.3, -0.25) is 9.69 Å². The van der Waals surface area contributed by atoms with Gasteiger partial charge in [-0.05, 0) is 45.7 Å². The second-order valence-corrected chi connectivity index (χ2v) is 7.37. The largest absolute Gasteiger partial charge is 0.489 e. The average Bonchev–Trinajstić information content (AvgIpc) is 3.04. The maximum Gasteiger partial charge on any atom is 0.410 e. The van der Waals surface area contributed by atoms with Crippen LogP contribution in [0.25, 0.3) is 0 Å². The zero-order valence-corrected chi connectivity index (χ0v) is 15.8. The van der Waals surface area contributed by atoms with Crippen molar-refractivity contribution in [2.45, 2.75) is 45.3 Å². The number of ether oxygens (including phenoxy) is 2. The summed E-state index contributed by atoms with van der Waals surface area (Å²) in [6, 6.07) is 5.61. The van der Waals surface area contributed by atoms with Crippen LogP contribution in [0, 0.1) is 5.82 Å².